The van der Waals surface area contributed by atoms with Crippen LogP contribution in [0.3, 0.4) is 0 Å². The molecular formula is C24H19BO2. The molecule has 0 amide bonds. The first-order chi connectivity index (χ1) is 13.2. The lowest BCUT2D eigenvalue weighted by atomic mass is 9.80. The highest BCUT2D eigenvalue weighted by atomic mass is 16.4. The van der Waals surface area contributed by atoms with Crippen LogP contribution in [-0.4, -0.2) is 17.2 Å². The van der Waals surface area contributed by atoms with Gasteiger partial charge in [-0.3, -0.25) is 0 Å². The van der Waals surface area contributed by atoms with Gasteiger partial charge in [-0.05, 0) is 44.9 Å². The summed E-state index contributed by atoms with van der Waals surface area (Å²) in [6, 6.07) is 34.6. The van der Waals surface area contributed by atoms with E-state index in [2.05, 4.69) is 54.6 Å². The van der Waals surface area contributed by atoms with Gasteiger partial charge >= 0.3 is 7.12 Å². The van der Waals surface area contributed by atoms with Gasteiger partial charge in [0.2, 0.25) is 0 Å². The van der Waals surface area contributed by atoms with E-state index in [4.69, 9.17) is 0 Å². The van der Waals surface area contributed by atoms with Crippen molar-refractivity contribution in [2.45, 2.75) is 0 Å². The summed E-state index contributed by atoms with van der Waals surface area (Å²) >= 11 is 0. The van der Waals surface area contributed by atoms with Crippen molar-refractivity contribution in [1.82, 2.24) is 0 Å². The molecule has 0 aliphatic carbocycles. The Labute approximate surface area is 159 Å². The smallest absolute Gasteiger partial charge is 0.423 e. The third-order valence-corrected chi connectivity index (χ3v) is 4.73. The third kappa shape index (κ3) is 3.85. The van der Waals surface area contributed by atoms with Gasteiger partial charge in [0.15, 0.2) is 0 Å². The summed E-state index contributed by atoms with van der Waals surface area (Å²) in [5.41, 5.74) is 7.36. The summed E-state index contributed by atoms with van der Waals surface area (Å²) < 4.78 is 0. The van der Waals surface area contributed by atoms with Crippen molar-refractivity contribution in [1.29, 1.82) is 0 Å². The summed E-state index contributed by atoms with van der Waals surface area (Å²) in [5.74, 6) is 0. The molecule has 4 aromatic carbocycles. The molecule has 0 aliphatic rings. The van der Waals surface area contributed by atoms with Gasteiger partial charge in [0, 0.05) is 0 Å². The molecule has 0 atom stereocenters. The van der Waals surface area contributed by atoms with E-state index in [0.717, 1.165) is 16.7 Å². The van der Waals surface area contributed by atoms with E-state index < -0.39 is 7.12 Å². The van der Waals surface area contributed by atoms with E-state index in [1.165, 1.54) is 16.7 Å². The van der Waals surface area contributed by atoms with E-state index in [1.807, 2.05) is 36.4 Å². The maximum Gasteiger partial charge on any atom is 0.488 e. The molecular weight excluding hydrogens is 331 g/mol. The molecule has 27 heavy (non-hydrogen) atoms. The van der Waals surface area contributed by atoms with Crippen molar-refractivity contribution in [3.05, 3.63) is 103 Å². The van der Waals surface area contributed by atoms with Crippen LogP contribution in [0.2, 0.25) is 0 Å². The molecule has 0 heterocycles. The molecule has 3 heteroatoms. The van der Waals surface area contributed by atoms with Gasteiger partial charge in [-0.15, -0.1) is 0 Å². The van der Waals surface area contributed by atoms with Crippen molar-refractivity contribution < 1.29 is 10.0 Å². The normalized spacial score (nSPS) is 10.6. The first-order valence-electron chi connectivity index (χ1n) is 8.93. The highest BCUT2D eigenvalue weighted by Gasteiger charge is 2.10. The predicted molar refractivity (Wildman–Crippen MR) is 113 cm³/mol. The summed E-state index contributed by atoms with van der Waals surface area (Å²) in [6.07, 6.45) is 0. The molecule has 4 rings (SSSR count). The molecule has 0 aromatic heterocycles. The number of benzene rings is 4. The van der Waals surface area contributed by atoms with E-state index >= 15 is 0 Å². The minimum Gasteiger partial charge on any atom is -0.423 e. The van der Waals surface area contributed by atoms with E-state index in [-0.39, 0.29) is 0 Å². The first-order valence-corrected chi connectivity index (χ1v) is 8.93. The van der Waals surface area contributed by atoms with Crippen LogP contribution >= 0.6 is 0 Å². The van der Waals surface area contributed by atoms with Crippen LogP contribution in [-0.2, 0) is 0 Å². The second kappa shape index (κ2) is 7.62. The highest BCUT2D eigenvalue weighted by molar-refractivity contribution is 6.58. The Hall–Kier alpha value is -3.14. The number of hydrogen-bond donors (Lipinski definition) is 2. The van der Waals surface area contributed by atoms with Gasteiger partial charge in [-0.1, -0.05) is 97.1 Å². The molecule has 0 unspecified atom stereocenters. The Morgan fingerprint density at radius 3 is 1.33 bits per heavy atom. The molecule has 0 radical (unpaired) electrons. The Bertz CT molecular complexity index is 1020. The molecule has 0 fully saturated rings. The van der Waals surface area contributed by atoms with Crippen LogP contribution in [0, 0.1) is 0 Å². The molecule has 0 saturated heterocycles. The zero-order valence-electron chi connectivity index (χ0n) is 14.8. The maximum atomic E-state index is 9.24. The van der Waals surface area contributed by atoms with Crippen LogP contribution < -0.4 is 5.46 Å². The minimum absolute atomic E-state index is 0.492. The van der Waals surface area contributed by atoms with Gasteiger partial charge in [-0.2, -0.15) is 0 Å². The van der Waals surface area contributed by atoms with Gasteiger partial charge in [-0.25, -0.2) is 0 Å². The van der Waals surface area contributed by atoms with Gasteiger partial charge < -0.3 is 10.0 Å². The third-order valence-electron chi connectivity index (χ3n) is 4.73. The van der Waals surface area contributed by atoms with Crippen LogP contribution in [0.1, 0.15) is 0 Å². The molecule has 0 spiro atoms. The monoisotopic (exact) mass is 350 g/mol. The first kappa shape index (κ1) is 17.3. The van der Waals surface area contributed by atoms with Crippen molar-refractivity contribution in [3.63, 3.8) is 0 Å². The standard InChI is InChI=1S/C24H19BO2/c26-25(27)24-15-13-21(14-16-24)23-8-4-7-22(17-23)20-11-9-19(10-12-20)18-5-2-1-3-6-18/h1-17,26-27H. The average molecular weight is 350 g/mol. The van der Waals surface area contributed by atoms with E-state index in [1.54, 1.807) is 12.1 Å². The van der Waals surface area contributed by atoms with Gasteiger partial charge in [0.25, 0.3) is 0 Å². The van der Waals surface area contributed by atoms with E-state index in [0.29, 0.717) is 5.46 Å². The highest BCUT2D eigenvalue weighted by Crippen LogP contribution is 2.28. The van der Waals surface area contributed by atoms with Gasteiger partial charge in [0.05, 0.1) is 0 Å². The molecule has 2 nitrogen and oxygen atoms in total. The second-order valence-electron chi connectivity index (χ2n) is 6.52. The average Bonchev–Trinajstić information content (AvgIpc) is 2.75. The predicted octanol–water partition coefficient (Wildman–Crippen LogP) is 4.37. The SMILES string of the molecule is OB(O)c1ccc(-c2cccc(-c3ccc(-c4ccccc4)cc3)c2)cc1. The van der Waals surface area contributed by atoms with Crippen molar-refractivity contribution in [2.24, 2.45) is 0 Å². The minimum atomic E-state index is -1.44. The Morgan fingerprint density at radius 1 is 0.407 bits per heavy atom. The number of rotatable bonds is 4. The Morgan fingerprint density at radius 2 is 0.815 bits per heavy atom. The fourth-order valence-electron chi connectivity index (χ4n) is 3.21. The lowest BCUT2D eigenvalue weighted by Crippen LogP contribution is -2.29. The lowest BCUT2D eigenvalue weighted by molar-refractivity contribution is 0.426. The zero-order chi connectivity index (χ0) is 18.6. The molecule has 2 N–H and O–H groups in total. The van der Waals surface area contributed by atoms with Crippen molar-refractivity contribution in [2.75, 3.05) is 0 Å². The quantitative estimate of drug-likeness (QED) is 0.537. The summed E-state index contributed by atoms with van der Waals surface area (Å²) in [5, 5.41) is 18.5. The fraction of sp³-hybridized carbons (Fsp3) is 0. The van der Waals surface area contributed by atoms with Gasteiger partial charge in [0.1, 0.15) is 0 Å². The Balaban J connectivity index is 1.62. The maximum absolute atomic E-state index is 9.24. The molecule has 0 saturated carbocycles. The molecule has 0 aliphatic heterocycles. The topological polar surface area (TPSA) is 40.5 Å². The molecule has 130 valence electrons. The van der Waals surface area contributed by atoms with Crippen molar-refractivity contribution >= 4 is 12.6 Å². The second-order valence-corrected chi connectivity index (χ2v) is 6.52. The van der Waals surface area contributed by atoms with Crippen LogP contribution in [0.5, 0.6) is 0 Å². The number of hydrogen-bond acceptors (Lipinski definition) is 2. The lowest BCUT2D eigenvalue weighted by Gasteiger charge is -2.08. The van der Waals surface area contributed by atoms with E-state index in [9.17, 15) is 10.0 Å². The summed E-state index contributed by atoms with van der Waals surface area (Å²) in [4.78, 5) is 0. The van der Waals surface area contributed by atoms with Crippen LogP contribution in [0.4, 0.5) is 0 Å². The van der Waals surface area contributed by atoms with Crippen molar-refractivity contribution in [3.8, 4) is 33.4 Å². The zero-order valence-corrected chi connectivity index (χ0v) is 14.8. The molecule has 4 aromatic rings. The fourth-order valence-corrected chi connectivity index (χ4v) is 3.21. The molecule has 0 bridgehead atoms. The van der Waals surface area contributed by atoms with Crippen LogP contribution in [0.15, 0.2) is 103 Å². The summed E-state index contributed by atoms with van der Waals surface area (Å²) in [7, 11) is -1.44. The van der Waals surface area contributed by atoms with Crippen LogP contribution in [0.25, 0.3) is 33.4 Å². The Kier molecular flexibility index (Phi) is 4.88. The largest absolute Gasteiger partial charge is 0.488 e. The summed E-state index contributed by atoms with van der Waals surface area (Å²) in [6.45, 7) is 0.